The molecule has 1 atom stereocenters. The first kappa shape index (κ1) is 12.1. The summed E-state index contributed by atoms with van der Waals surface area (Å²) in [7, 11) is 0. The van der Waals surface area contributed by atoms with E-state index in [1.165, 1.54) is 4.88 Å². The van der Waals surface area contributed by atoms with E-state index in [1.54, 1.807) is 11.3 Å². The highest BCUT2D eigenvalue weighted by Crippen LogP contribution is 2.29. The zero-order valence-electron chi connectivity index (χ0n) is 10.5. The fourth-order valence-electron chi connectivity index (χ4n) is 1.85. The largest absolute Gasteiger partial charge is 0.377 e. The van der Waals surface area contributed by atoms with Crippen molar-refractivity contribution in [3.05, 3.63) is 46.4 Å². The molecule has 2 rings (SSSR count). The molecule has 0 bridgehead atoms. The molecule has 90 valence electrons. The van der Waals surface area contributed by atoms with Gasteiger partial charge in [0.15, 0.2) is 0 Å². The van der Waals surface area contributed by atoms with Crippen molar-refractivity contribution in [1.29, 1.82) is 0 Å². The van der Waals surface area contributed by atoms with Crippen molar-refractivity contribution in [2.45, 2.75) is 26.8 Å². The van der Waals surface area contributed by atoms with Crippen LogP contribution in [0.2, 0.25) is 0 Å². The molecule has 2 aromatic rings. The quantitative estimate of drug-likeness (QED) is 0.872. The second-order valence-electron chi connectivity index (χ2n) is 4.57. The van der Waals surface area contributed by atoms with Gasteiger partial charge >= 0.3 is 0 Å². The Kier molecular flexibility index (Phi) is 3.79. The maximum Gasteiger partial charge on any atom is 0.0629 e. The molecule has 0 saturated heterocycles. The number of rotatable bonds is 4. The molecular formula is C14H18N2S. The third kappa shape index (κ3) is 3.07. The molecule has 0 fully saturated rings. The van der Waals surface area contributed by atoms with Crippen molar-refractivity contribution in [3.8, 4) is 0 Å². The summed E-state index contributed by atoms with van der Waals surface area (Å²) in [4.78, 5) is 5.60. The third-order valence-electron chi connectivity index (χ3n) is 2.74. The van der Waals surface area contributed by atoms with Crippen LogP contribution in [-0.2, 0) is 0 Å². The SMILES string of the molecule is Cc1cc(NC(c2cccs2)C(C)C)ccn1. The molecule has 17 heavy (non-hydrogen) atoms. The van der Waals surface area contributed by atoms with Crippen LogP contribution in [0.15, 0.2) is 35.8 Å². The average molecular weight is 246 g/mol. The lowest BCUT2D eigenvalue weighted by Gasteiger charge is -2.22. The van der Waals surface area contributed by atoms with Crippen molar-refractivity contribution in [2.75, 3.05) is 5.32 Å². The van der Waals surface area contributed by atoms with Crippen LogP contribution in [0.1, 0.15) is 30.5 Å². The first-order valence-corrected chi connectivity index (χ1v) is 6.77. The third-order valence-corrected chi connectivity index (χ3v) is 3.69. The van der Waals surface area contributed by atoms with Gasteiger partial charge in [-0.15, -0.1) is 11.3 Å². The van der Waals surface area contributed by atoms with Gasteiger partial charge in [0.2, 0.25) is 0 Å². The summed E-state index contributed by atoms with van der Waals surface area (Å²) in [6.45, 7) is 6.50. The van der Waals surface area contributed by atoms with Crippen molar-refractivity contribution in [3.63, 3.8) is 0 Å². The first-order valence-electron chi connectivity index (χ1n) is 5.89. The number of nitrogens with zero attached hydrogens (tertiary/aromatic N) is 1. The van der Waals surface area contributed by atoms with E-state index in [1.807, 2.05) is 19.2 Å². The Morgan fingerprint density at radius 2 is 2.12 bits per heavy atom. The van der Waals surface area contributed by atoms with Crippen molar-refractivity contribution in [2.24, 2.45) is 5.92 Å². The van der Waals surface area contributed by atoms with Crippen molar-refractivity contribution in [1.82, 2.24) is 4.98 Å². The van der Waals surface area contributed by atoms with E-state index in [2.05, 4.69) is 47.7 Å². The lowest BCUT2D eigenvalue weighted by Crippen LogP contribution is -2.15. The van der Waals surface area contributed by atoms with Gasteiger partial charge < -0.3 is 5.32 Å². The predicted molar refractivity (Wildman–Crippen MR) is 74.5 cm³/mol. The van der Waals surface area contributed by atoms with Crippen LogP contribution in [0.3, 0.4) is 0 Å². The summed E-state index contributed by atoms with van der Waals surface area (Å²) >= 11 is 1.80. The van der Waals surface area contributed by atoms with E-state index >= 15 is 0 Å². The summed E-state index contributed by atoms with van der Waals surface area (Å²) in [5.74, 6) is 0.558. The first-order chi connectivity index (χ1) is 8.16. The van der Waals surface area contributed by atoms with Gasteiger partial charge in [0.25, 0.3) is 0 Å². The molecule has 2 nitrogen and oxygen atoms in total. The number of pyridine rings is 1. The van der Waals surface area contributed by atoms with Gasteiger partial charge in [-0.2, -0.15) is 0 Å². The zero-order valence-corrected chi connectivity index (χ0v) is 11.3. The summed E-state index contributed by atoms with van der Waals surface area (Å²) in [6.07, 6.45) is 1.85. The molecule has 1 N–H and O–H groups in total. The van der Waals surface area contributed by atoms with Crippen LogP contribution in [0.25, 0.3) is 0 Å². The van der Waals surface area contributed by atoms with Gasteiger partial charge in [0.1, 0.15) is 0 Å². The van der Waals surface area contributed by atoms with E-state index < -0.39 is 0 Å². The van der Waals surface area contributed by atoms with E-state index in [9.17, 15) is 0 Å². The molecule has 2 aromatic heterocycles. The molecule has 0 saturated carbocycles. The van der Waals surface area contributed by atoms with Gasteiger partial charge in [-0.3, -0.25) is 4.98 Å². The fraction of sp³-hybridized carbons (Fsp3) is 0.357. The van der Waals surface area contributed by atoms with E-state index in [0.717, 1.165) is 11.4 Å². The molecule has 0 aliphatic carbocycles. The van der Waals surface area contributed by atoms with Crippen LogP contribution in [0.5, 0.6) is 0 Å². The summed E-state index contributed by atoms with van der Waals surface area (Å²) in [6, 6.07) is 8.78. The van der Waals surface area contributed by atoms with Crippen molar-refractivity contribution < 1.29 is 0 Å². The zero-order chi connectivity index (χ0) is 12.3. The minimum absolute atomic E-state index is 0.372. The standard InChI is InChI=1S/C14H18N2S/c1-10(2)14(13-5-4-8-17-13)16-12-6-7-15-11(3)9-12/h4-10,14H,1-3H3,(H,15,16). The molecule has 1 unspecified atom stereocenters. The van der Waals surface area contributed by atoms with Crippen LogP contribution >= 0.6 is 11.3 Å². The highest BCUT2D eigenvalue weighted by Gasteiger charge is 2.16. The maximum absolute atomic E-state index is 4.22. The van der Waals surface area contributed by atoms with Crippen molar-refractivity contribution >= 4 is 17.0 Å². The van der Waals surface area contributed by atoms with E-state index in [-0.39, 0.29) is 0 Å². The predicted octanol–water partition coefficient (Wildman–Crippen LogP) is 4.26. The molecular weight excluding hydrogens is 228 g/mol. The Balaban J connectivity index is 2.19. The Morgan fingerprint density at radius 1 is 1.29 bits per heavy atom. The van der Waals surface area contributed by atoms with Gasteiger partial charge in [0.05, 0.1) is 6.04 Å². The minimum atomic E-state index is 0.372. The van der Waals surface area contributed by atoms with Gasteiger partial charge in [-0.1, -0.05) is 19.9 Å². The Morgan fingerprint density at radius 3 is 2.71 bits per heavy atom. The normalized spacial score (nSPS) is 12.7. The highest BCUT2D eigenvalue weighted by molar-refractivity contribution is 7.10. The fourth-order valence-corrected chi connectivity index (χ4v) is 2.80. The number of nitrogens with one attached hydrogen (secondary N) is 1. The maximum atomic E-state index is 4.22. The van der Waals surface area contributed by atoms with E-state index in [0.29, 0.717) is 12.0 Å². The Hall–Kier alpha value is -1.35. The number of hydrogen-bond acceptors (Lipinski definition) is 3. The minimum Gasteiger partial charge on any atom is -0.377 e. The average Bonchev–Trinajstić information content (AvgIpc) is 2.78. The smallest absolute Gasteiger partial charge is 0.0629 e. The number of thiophene rings is 1. The molecule has 0 radical (unpaired) electrons. The van der Waals surface area contributed by atoms with Gasteiger partial charge in [-0.05, 0) is 36.4 Å². The number of anilines is 1. The van der Waals surface area contributed by atoms with Gasteiger partial charge in [0, 0.05) is 22.5 Å². The van der Waals surface area contributed by atoms with Crippen LogP contribution in [-0.4, -0.2) is 4.98 Å². The Bertz CT molecular complexity index is 463. The Labute approximate surface area is 107 Å². The summed E-state index contributed by atoms with van der Waals surface area (Å²) in [5, 5.41) is 5.72. The summed E-state index contributed by atoms with van der Waals surface area (Å²) in [5.41, 5.74) is 2.19. The molecule has 0 aromatic carbocycles. The summed E-state index contributed by atoms with van der Waals surface area (Å²) < 4.78 is 0. The monoisotopic (exact) mass is 246 g/mol. The molecule has 0 aliphatic heterocycles. The molecule has 0 aliphatic rings. The number of aryl methyl sites for hydroxylation is 1. The van der Waals surface area contributed by atoms with Crippen LogP contribution < -0.4 is 5.32 Å². The second-order valence-corrected chi connectivity index (χ2v) is 5.55. The molecule has 0 spiro atoms. The second kappa shape index (κ2) is 5.32. The topological polar surface area (TPSA) is 24.9 Å². The molecule has 2 heterocycles. The van der Waals surface area contributed by atoms with Crippen LogP contribution in [0.4, 0.5) is 5.69 Å². The highest BCUT2D eigenvalue weighted by atomic mass is 32.1. The van der Waals surface area contributed by atoms with E-state index in [4.69, 9.17) is 0 Å². The number of hydrogen-bond donors (Lipinski definition) is 1. The lowest BCUT2D eigenvalue weighted by molar-refractivity contribution is 0.553. The van der Waals surface area contributed by atoms with Crippen LogP contribution in [0, 0.1) is 12.8 Å². The molecule has 0 amide bonds. The number of aromatic nitrogens is 1. The molecule has 3 heteroatoms. The lowest BCUT2D eigenvalue weighted by atomic mass is 10.0. The van der Waals surface area contributed by atoms with Gasteiger partial charge in [-0.25, -0.2) is 0 Å².